The van der Waals surface area contributed by atoms with Crippen molar-refractivity contribution in [3.05, 3.63) is 29.8 Å². The van der Waals surface area contributed by atoms with E-state index in [9.17, 15) is 9.67 Å². The molecule has 0 spiro atoms. The SMILES string of the molecule is COc1ccc([C@@H](C)[C@H](O)P(=O)(OC)OC)cc1. The Morgan fingerprint density at radius 2 is 1.61 bits per heavy atom. The van der Waals surface area contributed by atoms with Crippen LogP contribution in [-0.2, 0) is 13.6 Å². The van der Waals surface area contributed by atoms with Gasteiger partial charge in [0.1, 0.15) is 5.75 Å². The average molecular weight is 274 g/mol. The molecule has 0 bridgehead atoms. The van der Waals surface area contributed by atoms with Gasteiger partial charge in [0.2, 0.25) is 0 Å². The fourth-order valence-electron chi connectivity index (χ4n) is 1.64. The molecule has 1 N–H and O–H groups in total. The summed E-state index contributed by atoms with van der Waals surface area (Å²) in [6.07, 6.45) is 0. The maximum atomic E-state index is 12.1. The molecular weight excluding hydrogens is 255 g/mol. The topological polar surface area (TPSA) is 65.0 Å². The van der Waals surface area contributed by atoms with Gasteiger partial charge in [0.25, 0.3) is 0 Å². The predicted molar refractivity (Wildman–Crippen MR) is 69.0 cm³/mol. The molecule has 102 valence electrons. The number of aliphatic hydroxyl groups is 1. The summed E-state index contributed by atoms with van der Waals surface area (Å²) in [6, 6.07) is 7.18. The summed E-state index contributed by atoms with van der Waals surface area (Å²) in [5.74, 6) is -0.857. The van der Waals surface area contributed by atoms with Gasteiger partial charge in [-0.15, -0.1) is 0 Å². The molecule has 0 heterocycles. The van der Waals surface area contributed by atoms with E-state index in [1.807, 2.05) is 12.1 Å². The van der Waals surface area contributed by atoms with Crippen LogP contribution in [0.1, 0.15) is 18.4 Å². The van der Waals surface area contributed by atoms with Crippen LogP contribution in [0.25, 0.3) is 0 Å². The van der Waals surface area contributed by atoms with Crippen molar-refractivity contribution in [1.29, 1.82) is 0 Å². The number of hydrogen-bond acceptors (Lipinski definition) is 5. The van der Waals surface area contributed by atoms with Gasteiger partial charge in [-0.05, 0) is 17.7 Å². The molecule has 2 atom stereocenters. The van der Waals surface area contributed by atoms with Crippen molar-refractivity contribution in [3.63, 3.8) is 0 Å². The molecule has 18 heavy (non-hydrogen) atoms. The second kappa shape index (κ2) is 6.34. The molecule has 0 saturated heterocycles. The summed E-state index contributed by atoms with van der Waals surface area (Å²) < 4.78 is 26.7. The first kappa shape index (κ1) is 15.2. The van der Waals surface area contributed by atoms with E-state index in [1.54, 1.807) is 26.2 Å². The Hall–Kier alpha value is -0.870. The lowest BCUT2D eigenvalue weighted by atomic mass is 10.0. The van der Waals surface area contributed by atoms with Gasteiger partial charge in [-0.3, -0.25) is 4.57 Å². The van der Waals surface area contributed by atoms with Crippen molar-refractivity contribution in [1.82, 2.24) is 0 Å². The quantitative estimate of drug-likeness (QED) is 0.808. The molecule has 0 aliphatic heterocycles. The van der Waals surface area contributed by atoms with Gasteiger partial charge in [0, 0.05) is 20.1 Å². The summed E-state index contributed by atoms with van der Waals surface area (Å²) in [7, 11) is 0.609. The molecule has 0 fully saturated rings. The zero-order chi connectivity index (χ0) is 13.8. The average Bonchev–Trinajstić information content (AvgIpc) is 2.44. The molecule has 5 nitrogen and oxygen atoms in total. The summed E-state index contributed by atoms with van der Waals surface area (Å²) in [6.45, 7) is 1.76. The molecule has 0 unspecified atom stereocenters. The molecule has 1 aromatic carbocycles. The number of benzene rings is 1. The predicted octanol–water partition coefficient (Wildman–Crippen LogP) is 2.60. The Balaban J connectivity index is 2.91. The third kappa shape index (κ3) is 3.12. The van der Waals surface area contributed by atoms with Crippen molar-refractivity contribution in [2.45, 2.75) is 18.7 Å². The lowest BCUT2D eigenvalue weighted by molar-refractivity contribution is 0.158. The number of hydrogen-bond donors (Lipinski definition) is 1. The molecule has 1 rings (SSSR count). The van der Waals surface area contributed by atoms with E-state index in [1.165, 1.54) is 14.2 Å². The zero-order valence-corrected chi connectivity index (χ0v) is 11.9. The van der Waals surface area contributed by atoms with Crippen molar-refractivity contribution in [2.75, 3.05) is 21.3 Å². The third-order valence-corrected chi connectivity index (χ3v) is 5.03. The highest BCUT2D eigenvalue weighted by Crippen LogP contribution is 2.54. The van der Waals surface area contributed by atoms with E-state index >= 15 is 0 Å². The van der Waals surface area contributed by atoms with Crippen LogP contribution in [0.3, 0.4) is 0 Å². The monoisotopic (exact) mass is 274 g/mol. The van der Waals surface area contributed by atoms with Crippen LogP contribution in [0.4, 0.5) is 0 Å². The first-order valence-corrected chi connectivity index (χ1v) is 7.13. The summed E-state index contributed by atoms with van der Waals surface area (Å²) in [4.78, 5) is 0. The zero-order valence-electron chi connectivity index (χ0n) is 11.0. The molecule has 0 aliphatic rings. The molecule has 0 aliphatic carbocycles. The largest absolute Gasteiger partial charge is 0.497 e. The van der Waals surface area contributed by atoms with Crippen molar-refractivity contribution >= 4 is 7.60 Å². The van der Waals surface area contributed by atoms with E-state index < -0.39 is 13.4 Å². The number of methoxy groups -OCH3 is 1. The van der Waals surface area contributed by atoms with E-state index in [0.717, 1.165) is 11.3 Å². The molecule has 6 heteroatoms. The minimum Gasteiger partial charge on any atom is -0.497 e. The van der Waals surface area contributed by atoms with Crippen LogP contribution >= 0.6 is 7.60 Å². The minimum absolute atomic E-state index is 0.373. The normalized spacial score (nSPS) is 15.2. The van der Waals surface area contributed by atoms with Crippen LogP contribution in [0.2, 0.25) is 0 Å². The Morgan fingerprint density at radius 1 is 1.11 bits per heavy atom. The highest BCUT2D eigenvalue weighted by molar-refractivity contribution is 7.54. The van der Waals surface area contributed by atoms with E-state index in [-0.39, 0.29) is 5.92 Å². The van der Waals surface area contributed by atoms with E-state index in [2.05, 4.69) is 0 Å². The summed E-state index contributed by atoms with van der Waals surface area (Å²) in [5.41, 5.74) is 0.831. The number of rotatable bonds is 6. The Labute approximate surface area is 107 Å². The van der Waals surface area contributed by atoms with E-state index in [0.29, 0.717) is 0 Å². The van der Waals surface area contributed by atoms with Crippen LogP contribution in [0.15, 0.2) is 24.3 Å². The summed E-state index contributed by atoms with van der Waals surface area (Å²) >= 11 is 0. The molecule has 0 radical (unpaired) electrons. The molecule has 0 saturated carbocycles. The summed E-state index contributed by atoms with van der Waals surface area (Å²) in [5, 5.41) is 10.1. The fourth-order valence-corrected chi connectivity index (χ4v) is 2.94. The van der Waals surface area contributed by atoms with Crippen molar-refractivity contribution in [2.24, 2.45) is 0 Å². The number of aliphatic hydroxyl groups excluding tert-OH is 1. The standard InChI is InChI=1S/C12H19O5P/c1-9(12(13)18(14,16-3)17-4)10-5-7-11(15-2)8-6-10/h5-9,12-13H,1-4H3/t9-,12-/m1/s1. The van der Waals surface area contributed by atoms with Gasteiger partial charge < -0.3 is 18.9 Å². The second-order valence-electron chi connectivity index (χ2n) is 3.88. The molecule has 1 aromatic rings. The molecule has 0 amide bonds. The molecular formula is C12H19O5P. The Bertz CT molecular complexity index is 409. The van der Waals surface area contributed by atoms with Crippen molar-refractivity contribution < 1.29 is 23.5 Å². The first-order valence-electron chi connectivity index (χ1n) is 5.51. The highest BCUT2D eigenvalue weighted by Gasteiger charge is 2.37. The lowest BCUT2D eigenvalue weighted by Gasteiger charge is -2.25. The minimum atomic E-state index is -3.49. The fraction of sp³-hybridized carbons (Fsp3) is 0.500. The van der Waals surface area contributed by atoms with Gasteiger partial charge in [0.05, 0.1) is 7.11 Å². The van der Waals surface area contributed by atoms with Gasteiger partial charge in [-0.2, -0.15) is 0 Å². The van der Waals surface area contributed by atoms with Crippen LogP contribution in [0, 0.1) is 0 Å². The maximum Gasteiger partial charge on any atom is 0.358 e. The van der Waals surface area contributed by atoms with Crippen LogP contribution in [-0.4, -0.2) is 32.3 Å². The Morgan fingerprint density at radius 3 is 2.00 bits per heavy atom. The third-order valence-electron chi connectivity index (χ3n) is 2.92. The second-order valence-corrected chi connectivity index (χ2v) is 6.22. The van der Waals surface area contributed by atoms with Gasteiger partial charge in [-0.1, -0.05) is 19.1 Å². The van der Waals surface area contributed by atoms with Crippen molar-refractivity contribution in [3.8, 4) is 5.75 Å². The highest BCUT2D eigenvalue weighted by atomic mass is 31.2. The first-order chi connectivity index (χ1) is 8.48. The smallest absolute Gasteiger partial charge is 0.358 e. The van der Waals surface area contributed by atoms with Crippen LogP contribution in [0.5, 0.6) is 5.75 Å². The Kier molecular flexibility index (Phi) is 5.35. The maximum absolute atomic E-state index is 12.1. The van der Waals surface area contributed by atoms with E-state index in [4.69, 9.17) is 13.8 Å². The van der Waals surface area contributed by atoms with Gasteiger partial charge in [0.15, 0.2) is 5.85 Å². The molecule has 0 aromatic heterocycles. The lowest BCUT2D eigenvalue weighted by Crippen LogP contribution is -2.18. The van der Waals surface area contributed by atoms with Gasteiger partial charge in [-0.25, -0.2) is 0 Å². The van der Waals surface area contributed by atoms with Gasteiger partial charge >= 0.3 is 7.60 Å². The number of ether oxygens (including phenoxy) is 1. The van der Waals surface area contributed by atoms with Crippen LogP contribution < -0.4 is 4.74 Å².